The van der Waals surface area contributed by atoms with E-state index < -0.39 is 0 Å². The summed E-state index contributed by atoms with van der Waals surface area (Å²) in [7, 11) is 0. The molecule has 0 saturated carbocycles. The molecule has 0 radical (unpaired) electrons. The molecule has 1 aromatic heterocycles. The number of aromatic nitrogens is 3. The number of nitrogens with one attached hydrogen (secondary N) is 1. The van der Waals surface area contributed by atoms with Gasteiger partial charge in [0.05, 0.1) is 17.3 Å². The van der Waals surface area contributed by atoms with Crippen LogP contribution in [0.25, 0.3) is 0 Å². The minimum Gasteiger partial charge on any atom is -0.377 e. The lowest BCUT2D eigenvalue weighted by molar-refractivity contribution is 0.622. The number of para-hydroxylation sites is 1. The molecule has 0 saturated heterocycles. The maximum atomic E-state index is 6.03. The highest BCUT2D eigenvalue weighted by molar-refractivity contribution is 6.33. The third-order valence-electron chi connectivity index (χ3n) is 2.31. The normalized spacial score (nSPS) is 10.4. The van der Waals surface area contributed by atoms with Crippen molar-refractivity contribution >= 4 is 17.3 Å². The fourth-order valence-corrected chi connectivity index (χ4v) is 1.67. The van der Waals surface area contributed by atoms with Crippen LogP contribution < -0.4 is 5.32 Å². The van der Waals surface area contributed by atoms with Crippen molar-refractivity contribution in [2.45, 2.75) is 20.0 Å². The SMILES string of the molecule is CCn1ncnc1CNc1ccccc1Cl. The van der Waals surface area contributed by atoms with Gasteiger partial charge in [-0.1, -0.05) is 23.7 Å². The van der Waals surface area contributed by atoms with E-state index in [1.54, 1.807) is 6.33 Å². The molecule has 1 heterocycles. The number of nitrogens with zero attached hydrogens (tertiary/aromatic N) is 3. The fourth-order valence-electron chi connectivity index (χ4n) is 1.47. The zero-order valence-corrected chi connectivity index (χ0v) is 9.78. The van der Waals surface area contributed by atoms with Gasteiger partial charge in [-0.25, -0.2) is 9.67 Å². The predicted molar refractivity (Wildman–Crippen MR) is 64.5 cm³/mol. The zero-order valence-electron chi connectivity index (χ0n) is 9.02. The molecule has 0 amide bonds. The molecule has 1 N–H and O–H groups in total. The van der Waals surface area contributed by atoms with Crippen LogP contribution in [0.2, 0.25) is 5.02 Å². The highest BCUT2D eigenvalue weighted by Gasteiger charge is 2.03. The Morgan fingerprint density at radius 1 is 1.38 bits per heavy atom. The first-order valence-corrected chi connectivity index (χ1v) is 5.54. The van der Waals surface area contributed by atoms with Crippen LogP contribution in [0.4, 0.5) is 5.69 Å². The van der Waals surface area contributed by atoms with E-state index in [1.165, 1.54) is 0 Å². The molecule has 0 fully saturated rings. The molecule has 0 unspecified atom stereocenters. The summed E-state index contributed by atoms with van der Waals surface area (Å²) in [5.74, 6) is 0.905. The van der Waals surface area contributed by atoms with Crippen molar-refractivity contribution < 1.29 is 0 Å². The maximum absolute atomic E-state index is 6.03. The Kier molecular flexibility index (Phi) is 3.41. The van der Waals surface area contributed by atoms with Gasteiger partial charge in [0.15, 0.2) is 0 Å². The molecule has 16 heavy (non-hydrogen) atoms. The Hall–Kier alpha value is -1.55. The number of hydrogen-bond donors (Lipinski definition) is 1. The Balaban J connectivity index is 2.05. The second-order valence-corrected chi connectivity index (χ2v) is 3.73. The fraction of sp³-hybridized carbons (Fsp3) is 0.273. The van der Waals surface area contributed by atoms with Crippen molar-refractivity contribution in [3.63, 3.8) is 0 Å². The molecule has 0 atom stereocenters. The molecule has 2 rings (SSSR count). The molecule has 1 aromatic carbocycles. The molecule has 84 valence electrons. The first kappa shape index (κ1) is 11.0. The first-order valence-electron chi connectivity index (χ1n) is 5.16. The third kappa shape index (κ3) is 2.33. The number of rotatable bonds is 4. The van der Waals surface area contributed by atoms with E-state index in [4.69, 9.17) is 11.6 Å². The van der Waals surface area contributed by atoms with Crippen molar-refractivity contribution in [3.8, 4) is 0 Å². The van der Waals surface area contributed by atoms with Gasteiger partial charge < -0.3 is 5.32 Å². The average Bonchev–Trinajstić information content (AvgIpc) is 2.75. The van der Waals surface area contributed by atoms with Crippen LogP contribution >= 0.6 is 11.6 Å². The van der Waals surface area contributed by atoms with E-state index in [1.807, 2.05) is 35.9 Å². The molecule has 0 aliphatic carbocycles. The first-order chi connectivity index (χ1) is 7.81. The summed E-state index contributed by atoms with van der Waals surface area (Å²) < 4.78 is 1.85. The quantitative estimate of drug-likeness (QED) is 0.887. The lowest BCUT2D eigenvalue weighted by Gasteiger charge is -2.08. The van der Waals surface area contributed by atoms with Gasteiger partial charge in [0.1, 0.15) is 12.2 Å². The van der Waals surface area contributed by atoms with Gasteiger partial charge in [-0.15, -0.1) is 0 Å². The van der Waals surface area contributed by atoms with E-state index in [9.17, 15) is 0 Å². The highest BCUT2D eigenvalue weighted by atomic mass is 35.5. The topological polar surface area (TPSA) is 42.7 Å². The van der Waals surface area contributed by atoms with Crippen LogP contribution in [-0.2, 0) is 13.1 Å². The largest absolute Gasteiger partial charge is 0.377 e. The Labute approximate surface area is 99.3 Å². The summed E-state index contributed by atoms with van der Waals surface area (Å²) in [6.45, 7) is 3.48. The Morgan fingerprint density at radius 3 is 2.94 bits per heavy atom. The third-order valence-corrected chi connectivity index (χ3v) is 2.64. The summed E-state index contributed by atoms with van der Waals surface area (Å²) in [6, 6.07) is 7.64. The second-order valence-electron chi connectivity index (χ2n) is 3.33. The predicted octanol–water partition coefficient (Wildman–Crippen LogP) is 2.56. The van der Waals surface area contributed by atoms with Gasteiger partial charge >= 0.3 is 0 Å². The van der Waals surface area contributed by atoms with E-state index in [0.29, 0.717) is 11.6 Å². The molecule has 0 aliphatic rings. The summed E-state index contributed by atoms with van der Waals surface area (Å²) in [5.41, 5.74) is 0.912. The van der Waals surface area contributed by atoms with Gasteiger partial charge in [-0.05, 0) is 19.1 Å². The molecule has 4 nitrogen and oxygen atoms in total. The molecular weight excluding hydrogens is 224 g/mol. The molecule has 2 aromatic rings. The lowest BCUT2D eigenvalue weighted by atomic mass is 10.3. The molecule has 0 bridgehead atoms. The Morgan fingerprint density at radius 2 is 2.19 bits per heavy atom. The maximum Gasteiger partial charge on any atom is 0.146 e. The van der Waals surface area contributed by atoms with Gasteiger partial charge in [0.25, 0.3) is 0 Å². The summed E-state index contributed by atoms with van der Waals surface area (Å²) in [5, 5.41) is 8.05. The Bertz CT molecular complexity index is 467. The van der Waals surface area contributed by atoms with Crippen molar-refractivity contribution in [2.75, 3.05) is 5.32 Å². The van der Waals surface area contributed by atoms with Crippen LogP contribution in [0.5, 0.6) is 0 Å². The number of anilines is 1. The van der Waals surface area contributed by atoms with Gasteiger partial charge in [-0.2, -0.15) is 5.10 Å². The number of benzene rings is 1. The average molecular weight is 237 g/mol. The molecule has 0 aliphatic heterocycles. The van der Waals surface area contributed by atoms with E-state index in [2.05, 4.69) is 15.4 Å². The monoisotopic (exact) mass is 236 g/mol. The number of hydrogen-bond acceptors (Lipinski definition) is 3. The van der Waals surface area contributed by atoms with Crippen molar-refractivity contribution in [1.29, 1.82) is 0 Å². The smallest absolute Gasteiger partial charge is 0.146 e. The van der Waals surface area contributed by atoms with Crippen LogP contribution in [0, 0.1) is 0 Å². The van der Waals surface area contributed by atoms with Crippen LogP contribution in [0.15, 0.2) is 30.6 Å². The summed E-state index contributed by atoms with van der Waals surface area (Å²) >= 11 is 6.03. The lowest BCUT2D eigenvalue weighted by Crippen LogP contribution is -2.09. The minimum absolute atomic E-state index is 0.623. The van der Waals surface area contributed by atoms with Crippen molar-refractivity contribution in [2.24, 2.45) is 0 Å². The summed E-state index contributed by atoms with van der Waals surface area (Å²) in [4.78, 5) is 4.18. The summed E-state index contributed by atoms with van der Waals surface area (Å²) in [6.07, 6.45) is 1.56. The standard InChI is InChI=1S/C11H13ClN4/c1-2-16-11(14-8-15-16)7-13-10-6-4-3-5-9(10)12/h3-6,8,13H,2,7H2,1H3. The molecule has 5 heteroatoms. The number of aryl methyl sites for hydroxylation is 1. The van der Waals surface area contributed by atoms with E-state index >= 15 is 0 Å². The van der Waals surface area contributed by atoms with Crippen LogP contribution in [-0.4, -0.2) is 14.8 Å². The second kappa shape index (κ2) is 4.99. The van der Waals surface area contributed by atoms with Crippen molar-refractivity contribution in [1.82, 2.24) is 14.8 Å². The zero-order chi connectivity index (χ0) is 11.4. The van der Waals surface area contributed by atoms with Crippen molar-refractivity contribution in [3.05, 3.63) is 41.4 Å². The molecule has 0 spiro atoms. The molecular formula is C11H13ClN4. The van der Waals surface area contributed by atoms with E-state index in [0.717, 1.165) is 18.1 Å². The van der Waals surface area contributed by atoms with Crippen LogP contribution in [0.1, 0.15) is 12.7 Å². The minimum atomic E-state index is 0.623. The van der Waals surface area contributed by atoms with Crippen LogP contribution in [0.3, 0.4) is 0 Å². The van der Waals surface area contributed by atoms with Gasteiger partial charge in [-0.3, -0.25) is 0 Å². The van der Waals surface area contributed by atoms with E-state index in [-0.39, 0.29) is 0 Å². The number of halogens is 1. The van der Waals surface area contributed by atoms with Gasteiger partial charge in [0.2, 0.25) is 0 Å². The van der Waals surface area contributed by atoms with Gasteiger partial charge in [0, 0.05) is 6.54 Å². The highest BCUT2D eigenvalue weighted by Crippen LogP contribution is 2.20.